The van der Waals surface area contributed by atoms with E-state index in [1.165, 1.54) is 49.7 Å². The average Bonchev–Trinajstić information content (AvgIpc) is 2.99. The van der Waals surface area contributed by atoms with Crippen LogP contribution in [0.1, 0.15) is 47.6 Å². The van der Waals surface area contributed by atoms with Crippen LogP contribution >= 0.6 is 0 Å². The van der Waals surface area contributed by atoms with Gasteiger partial charge in [-0.3, -0.25) is 4.99 Å². The topological polar surface area (TPSA) is 12.4 Å². The molecule has 0 radical (unpaired) electrons. The largest absolute Gasteiger partial charge is 0.256 e. The standard InChI is InChI=1S/C27H27N/c1-17-14-19(3)27(20(4)15-17)28-16-26-24-9-7-6-8-22(24)11-13-25(26)23-12-10-18(2)21(23)5/h6-16,23H,1-5H3. The highest BCUT2D eigenvalue weighted by Crippen LogP contribution is 2.37. The Morgan fingerprint density at radius 1 is 0.857 bits per heavy atom. The number of fused-ring (bicyclic) bond motifs is 1. The van der Waals surface area contributed by atoms with E-state index < -0.39 is 0 Å². The number of aryl methyl sites for hydroxylation is 3. The molecular formula is C27H27N. The summed E-state index contributed by atoms with van der Waals surface area (Å²) in [5, 5.41) is 2.52. The first kappa shape index (κ1) is 18.4. The minimum absolute atomic E-state index is 0.325. The van der Waals surface area contributed by atoms with Crippen molar-refractivity contribution < 1.29 is 0 Å². The van der Waals surface area contributed by atoms with Gasteiger partial charge in [-0.15, -0.1) is 0 Å². The highest BCUT2D eigenvalue weighted by molar-refractivity contribution is 6.02. The second-order valence-corrected chi connectivity index (χ2v) is 8.00. The van der Waals surface area contributed by atoms with E-state index in [9.17, 15) is 0 Å². The molecule has 0 saturated heterocycles. The van der Waals surface area contributed by atoms with Crippen molar-refractivity contribution >= 4 is 22.7 Å². The molecule has 3 aromatic rings. The fourth-order valence-electron chi connectivity index (χ4n) is 4.33. The Kier molecular flexibility index (Phi) is 4.77. The molecule has 0 aromatic heterocycles. The van der Waals surface area contributed by atoms with E-state index in [2.05, 4.69) is 102 Å². The molecule has 1 atom stereocenters. The summed E-state index contributed by atoms with van der Waals surface area (Å²) < 4.78 is 0. The SMILES string of the molecule is CC1=C(C)C(c2ccc3ccccc3c2C=Nc2c(C)cc(C)cc2C)C=C1. The molecule has 0 aliphatic heterocycles. The van der Waals surface area contributed by atoms with Gasteiger partial charge in [0.1, 0.15) is 0 Å². The Labute approximate surface area is 168 Å². The summed E-state index contributed by atoms with van der Waals surface area (Å²) in [5.74, 6) is 0.325. The lowest BCUT2D eigenvalue weighted by Crippen LogP contribution is -2.01. The lowest BCUT2D eigenvalue weighted by molar-refractivity contribution is 1.00. The van der Waals surface area contributed by atoms with E-state index in [4.69, 9.17) is 4.99 Å². The number of hydrogen-bond acceptors (Lipinski definition) is 1. The minimum atomic E-state index is 0.325. The summed E-state index contributed by atoms with van der Waals surface area (Å²) in [7, 11) is 0. The molecule has 1 aliphatic carbocycles. The van der Waals surface area contributed by atoms with Crippen LogP contribution in [0, 0.1) is 20.8 Å². The van der Waals surface area contributed by atoms with E-state index in [1.807, 2.05) is 0 Å². The zero-order valence-electron chi connectivity index (χ0n) is 17.4. The predicted molar refractivity (Wildman–Crippen MR) is 122 cm³/mol. The molecule has 0 fully saturated rings. The summed E-state index contributed by atoms with van der Waals surface area (Å²) in [6.07, 6.45) is 6.63. The molecule has 0 heterocycles. The molecule has 1 aliphatic rings. The second-order valence-electron chi connectivity index (χ2n) is 8.00. The van der Waals surface area contributed by atoms with Crippen LogP contribution in [0.3, 0.4) is 0 Å². The summed E-state index contributed by atoms with van der Waals surface area (Å²) >= 11 is 0. The number of benzene rings is 3. The molecule has 0 spiro atoms. The van der Waals surface area contributed by atoms with E-state index in [1.54, 1.807) is 0 Å². The monoisotopic (exact) mass is 365 g/mol. The maximum Gasteiger partial charge on any atom is 0.0688 e. The Hall–Kier alpha value is -2.93. The van der Waals surface area contributed by atoms with Crippen LogP contribution in [-0.4, -0.2) is 6.21 Å². The Morgan fingerprint density at radius 3 is 2.25 bits per heavy atom. The van der Waals surface area contributed by atoms with E-state index in [-0.39, 0.29) is 0 Å². The Morgan fingerprint density at radius 2 is 1.57 bits per heavy atom. The van der Waals surface area contributed by atoms with Crippen LogP contribution < -0.4 is 0 Å². The van der Waals surface area contributed by atoms with Gasteiger partial charge in [0.05, 0.1) is 5.69 Å². The Balaban J connectivity index is 1.90. The predicted octanol–water partition coefficient (Wildman–Crippen LogP) is 7.51. The van der Waals surface area contributed by atoms with Crippen LogP contribution in [0.25, 0.3) is 10.8 Å². The minimum Gasteiger partial charge on any atom is -0.256 e. The number of aliphatic imine (C=N–C) groups is 1. The van der Waals surface area contributed by atoms with Gasteiger partial charge in [-0.25, -0.2) is 0 Å². The zero-order chi connectivity index (χ0) is 19.8. The van der Waals surface area contributed by atoms with Crippen molar-refractivity contribution in [3.05, 3.63) is 99.6 Å². The summed E-state index contributed by atoms with van der Waals surface area (Å²) in [6, 6.07) is 17.5. The third kappa shape index (κ3) is 3.22. The van der Waals surface area contributed by atoms with Crippen molar-refractivity contribution in [2.75, 3.05) is 0 Å². The third-order valence-corrected chi connectivity index (χ3v) is 5.92. The molecule has 3 aromatic carbocycles. The third-order valence-electron chi connectivity index (χ3n) is 5.92. The van der Waals surface area contributed by atoms with Crippen molar-refractivity contribution in [3.63, 3.8) is 0 Å². The van der Waals surface area contributed by atoms with Crippen molar-refractivity contribution in [1.82, 2.24) is 0 Å². The number of allylic oxidation sites excluding steroid dienone is 4. The molecule has 0 bridgehead atoms. The maximum atomic E-state index is 4.98. The normalized spacial score (nSPS) is 16.7. The molecule has 1 heteroatoms. The average molecular weight is 366 g/mol. The van der Waals surface area contributed by atoms with Crippen LogP contribution in [0.4, 0.5) is 5.69 Å². The first-order valence-corrected chi connectivity index (χ1v) is 9.95. The van der Waals surface area contributed by atoms with Gasteiger partial charge >= 0.3 is 0 Å². The molecule has 28 heavy (non-hydrogen) atoms. The molecule has 0 N–H and O–H groups in total. The molecule has 1 unspecified atom stereocenters. The van der Waals surface area contributed by atoms with Gasteiger partial charge in [0, 0.05) is 17.7 Å². The van der Waals surface area contributed by atoms with E-state index in [0.717, 1.165) is 5.69 Å². The summed E-state index contributed by atoms with van der Waals surface area (Å²) in [5.41, 5.74) is 10.2. The molecule has 4 rings (SSSR count). The first-order chi connectivity index (χ1) is 13.5. The smallest absolute Gasteiger partial charge is 0.0688 e. The highest BCUT2D eigenvalue weighted by Gasteiger charge is 2.20. The quantitative estimate of drug-likeness (QED) is 0.426. The van der Waals surface area contributed by atoms with Crippen molar-refractivity contribution in [3.8, 4) is 0 Å². The van der Waals surface area contributed by atoms with Crippen LogP contribution in [0.5, 0.6) is 0 Å². The van der Waals surface area contributed by atoms with E-state index in [0.29, 0.717) is 5.92 Å². The van der Waals surface area contributed by atoms with Gasteiger partial charge in [-0.05, 0) is 62.1 Å². The van der Waals surface area contributed by atoms with Gasteiger partial charge in [0.25, 0.3) is 0 Å². The molecule has 1 nitrogen and oxygen atoms in total. The zero-order valence-corrected chi connectivity index (χ0v) is 17.4. The van der Waals surface area contributed by atoms with Gasteiger partial charge in [0.2, 0.25) is 0 Å². The number of rotatable bonds is 3. The molecular weight excluding hydrogens is 338 g/mol. The summed E-state index contributed by atoms with van der Waals surface area (Å²) in [4.78, 5) is 4.98. The lowest BCUT2D eigenvalue weighted by atomic mass is 9.87. The van der Waals surface area contributed by atoms with Gasteiger partial charge < -0.3 is 0 Å². The van der Waals surface area contributed by atoms with Crippen molar-refractivity contribution in [1.29, 1.82) is 0 Å². The maximum absolute atomic E-state index is 4.98. The summed E-state index contributed by atoms with van der Waals surface area (Å²) in [6.45, 7) is 10.9. The lowest BCUT2D eigenvalue weighted by Gasteiger charge is -2.17. The fraction of sp³-hybridized carbons (Fsp3) is 0.222. The van der Waals surface area contributed by atoms with Gasteiger partial charge in [-0.2, -0.15) is 0 Å². The van der Waals surface area contributed by atoms with Crippen molar-refractivity contribution in [2.45, 2.75) is 40.5 Å². The number of nitrogens with zero attached hydrogens (tertiary/aromatic N) is 1. The first-order valence-electron chi connectivity index (χ1n) is 9.95. The molecule has 0 amide bonds. The highest BCUT2D eigenvalue weighted by atomic mass is 14.7. The van der Waals surface area contributed by atoms with Crippen molar-refractivity contribution in [2.24, 2.45) is 4.99 Å². The molecule has 0 saturated carbocycles. The molecule has 140 valence electrons. The van der Waals surface area contributed by atoms with Gasteiger partial charge in [-0.1, -0.05) is 77.4 Å². The fourth-order valence-corrected chi connectivity index (χ4v) is 4.33. The van der Waals surface area contributed by atoms with E-state index >= 15 is 0 Å². The van der Waals surface area contributed by atoms with Crippen LogP contribution in [0.2, 0.25) is 0 Å². The van der Waals surface area contributed by atoms with Gasteiger partial charge in [0.15, 0.2) is 0 Å². The van der Waals surface area contributed by atoms with Crippen LogP contribution in [-0.2, 0) is 0 Å². The number of hydrogen-bond donors (Lipinski definition) is 0. The van der Waals surface area contributed by atoms with Crippen LogP contribution in [0.15, 0.2) is 76.8 Å². The second kappa shape index (κ2) is 7.24. The Bertz CT molecular complexity index is 1140.